The summed E-state index contributed by atoms with van der Waals surface area (Å²) in [7, 11) is 6.35. The van der Waals surface area contributed by atoms with E-state index in [9.17, 15) is 9.59 Å². The van der Waals surface area contributed by atoms with E-state index >= 15 is 0 Å². The summed E-state index contributed by atoms with van der Waals surface area (Å²) in [6, 6.07) is 11.2. The van der Waals surface area contributed by atoms with Gasteiger partial charge >= 0.3 is 0 Å². The Hall–Kier alpha value is -3.46. The van der Waals surface area contributed by atoms with Gasteiger partial charge in [0.05, 0.1) is 37.8 Å². The molecule has 4 rings (SSSR count). The molecule has 0 saturated carbocycles. The maximum absolute atomic E-state index is 13.2. The van der Waals surface area contributed by atoms with E-state index in [1.54, 1.807) is 26.3 Å². The summed E-state index contributed by atoms with van der Waals surface area (Å²) in [5.41, 5.74) is 0.675. The minimum Gasteiger partial charge on any atom is -0.495 e. The summed E-state index contributed by atoms with van der Waals surface area (Å²) in [6.07, 6.45) is 0.765. The molecule has 0 amide bonds. The lowest BCUT2D eigenvalue weighted by Crippen LogP contribution is -2.47. The number of ether oxygens (including phenoxy) is 3. The van der Waals surface area contributed by atoms with Crippen molar-refractivity contribution >= 4 is 16.5 Å². The molecule has 9 heteroatoms. The molecule has 1 aromatic heterocycles. The maximum atomic E-state index is 13.2. The number of aromatic nitrogens is 2. The van der Waals surface area contributed by atoms with Crippen molar-refractivity contribution in [1.29, 1.82) is 0 Å². The molecule has 2 aromatic carbocycles. The number of anilines is 1. The van der Waals surface area contributed by atoms with Crippen LogP contribution < -0.4 is 30.2 Å². The Morgan fingerprint density at radius 1 is 0.765 bits per heavy atom. The van der Waals surface area contributed by atoms with Crippen LogP contribution in [0.25, 0.3) is 10.8 Å². The van der Waals surface area contributed by atoms with Crippen LogP contribution >= 0.6 is 0 Å². The third-order valence-corrected chi connectivity index (χ3v) is 6.52. The standard InChI is InChI=1S/C25H32N4O5/c1-26-24(30)18-16-22(33-3)23(34-4)17-19(18)25(31)29(26)11-7-10-27-12-14-28(15-13-27)20-8-5-6-9-21(20)32-2/h5-6,8-9,16-17H,7,10-15H2,1-4H3. The van der Waals surface area contributed by atoms with Crippen LogP contribution in [0.15, 0.2) is 46.0 Å². The number of hydrogen-bond acceptors (Lipinski definition) is 7. The Balaban J connectivity index is 1.43. The van der Waals surface area contributed by atoms with Crippen molar-refractivity contribution in [3.8, 4) is 17.2 Å². The Bertz CT molecular complexity index is 1270. The predicted octanol–water partition coefficient (Wildman–Crippen LogP) is 1.94. The number of methoxy groups -OCH3 is 3. The van der Waals surface area contributed by atoms with Crippen molar-refractivity contribution in [3.63, 3.8) is 0 Å². The number of rotatable bonds is 8. The average Bonchev–Trinajstić information content (AvgIpc) is 2.88. The molecule has 34 heavy (non-hydrogen) atoms. The fraction of sp³-hybridized carbons (Fsp3) is 0.440. The second-order valence-corrected chi connectivity index (χ2v) is 8.36. The molecule has 3 aromatic rings. The van der Waals surface area contributed by atoms with E-state index in [0.29, 0.717) is 28.8 Å². The summed E-state index contributed by atoms with van der Waals surface area (Å²) >= 11 is 0. The third kappa shape index (κ3) is 4.48. The van der Waals surface area contributed by atoms with Crippen molar-refractivity contribution in [2.75, 3.05) is 59.0 Å². The highest BCUT2D eigenvalue weighted by atomic mass is 16.5. The molecule has 1 fully saturated rings. The van der Waals surface area contributed by atoms with E-state index in [4.69, 9.17) is 14.2 Å². The molecule has 0 spiro atoms. The van der Waals surface area contributed by atoms with Crippen LogP contribution in [0.2, 0.25) is 0 Å². The number of fused-ring (bicyclic) bond motifs is 1. The molecular weight excluding hydrogens is 436 g/mol. The first-order valence-corrected chi connectivity index (χ1v) is 11.4. The number of nitrogens with zero attached hydrogens (tertiary/aromatic N) is 4. The lowest BCUT2D eigenvalue weighted by atomic mass is 10.1. The van der Waals surface area contributed by atoms with Crippen LogP contribution in [-0.2, 0) is 13.6 Å². The molecule has 182 valence electrons. The quantitative estimate of drug-likeness (QED) is 0.500. The van der Waals surface area contributed by atoms with Gasteiger partial charge in [-0.2, -0.15) is 0 Å². The van der Waals surface area contributed by atoms with Crippen LogP contribution in [-0.4, -0.2) is 68.3 Å². The smallest absolute Gasteiger partial charge is 0.273 e. The van der Waals surface area contributed by atoms with Gasteiger partial charge in [0.15, 0.2) is 11.5 Å². The van der Waals surface area contributed by atoms with Gasteiger partial charge in [0.25, 0.3) is 11.1 Å². The van der Waals surface area contributed by atoms with E-state index < -0.39 is 0 Å². The number of benzene rings is 2. The summed E-state index contributed by atoms with van der Waals surface area (Å²) in [4.78, 5) is 30.9. The lowest BCUT2D eigenvalue weighted by Gasteiger charge is -2.36. The van der Waals surface area contributed by atoms with Gasteiger partial charge in [0, 0.05) is 46.3 Å². The van der Waals surface area contributed by atoms with Crippen molar-refractivity contribution in [2.45, 2.75) is 13.0 Å². The first-order chi connectivity index (χ1) is 16.5. The second-order valence-electron chi connectivity index (χ2n) is 8.36. The molecule has 0 unspecified atom stereocenters. The predicted molar refractivity (Wildman–Crippen MR) is 133 cm³/mol. The summed E-state index contributed by atoms with van der Waals surface area (Å²) in [5, 5.41) is 0.667. The largest absolute Gasteiger partial charge is 0.495 e. The van der Waals surface area contributed by atoms with Gasteiger partial charge in [-0.1, -0.05) is 12.1 Å². The Morgan fingerprint density at radius 3 is 1.97 bits per heavy atom. The first kappa shape index (κ1) is 23.7. The van der Waals surface area contributed by atoms with Gasteiger partial charge in [-0.25, -0.2) is 4.68 Å². The summed E-state index contributed by atoms with van der Waals surface area (Å²) in [5.74, 6) is 1.75. The minimum absolute atomic E-state index is 0.209. The van der Waals surface area contributed by atoms with Gasteiger partial charge in [0.2, 0.25) is 0 Å². The SMILES string of the molecule is COc1cc2c(=O)n(C)n(CCCN3CCN(c4ccccc4OC)CC3)c(=O)c2cc1OC. The van der Waals surface area contributed by atoms with Crippen molar-refractivity contribution in [3.05, 3.63) is 57.1 Å². The van der Waals surface area contributed by atoms with E-state index in [0.717, 1.165) is 50.6 Å². The zero-order valence-corrected chi connectivity index (χ0v) is 20.2. The highest BCUT2D eigenvalue weighted by Crippen LogP contribution is 2.30. The normalized spacial score (nSPS) is 14.4. The van der Waals surface area contributed by atoms with E-state index in [1.807, 2.05) is 18.2 Å². The topological polar surface area (TPSA) is 78.2 Å². The molecule has 0 N–H and O–H groups in total. The average molecular weight is 469 g/mol. The van der Waals surface area contributed by atoms with Crippen LogP contribution in [0.4, 0.5) is 5.69 Å². The zero-order valence-electron chi connectivity index (χ0n) is 20.2. The van der Waals surface area contributed by atoms with Gasteiger partial charge in [0.1, 0.15) is 5.75 Å². The fourth-order valence-electron chi connectivity index (χ4n) is 4.59. The van der Waals surface area contributed by atoms with Crippen molar-refractivity contribution in [1.82, 2.24) is 14.3 Å². The molecule has 0 atom stereocenters. The zero-order chi connectivity index (χ0) is 24.2. The van der Waals surface area contributed by atoms with E-state index in [-0.39, 0.29) is 11.1 Å². The van der Waals surface area contributed by atoms with Gasteiger partial charge in [-0.3, -0.25) is 19.2 Å². The summed E-state index contributed by atoms with van der Waals surface area (Å²) < 4.78 is 19.0. The second kappa shape index (κ2) is 10.2. The number of piperazine rings is 1. The lowest BCUT2D eigenvalue weighted by molar-refractivity contribution is 0.245. The molecule has 1 saturated heterocycles. The fourth-order valence-corrected chi connectivity index (χ4v) is 4.59. The molecule has 9 nitrogen and oxygen atoms in total. The Labute approximate surface area is 198 Å². The molecular formula is C25H32N4O5. The third-order valence-electron chi connectivity index (χ3n) is 6.52. The van der Waals surface area contributed by atoms with E-state index in [1.165, 1.54) is 23.6 Å². The highest BCUT2D eigenvalue weighted by molar-refractivity contribution is 5.84. The molecule has 0 aliphatic carbocycles. The Morgan fingerprint density at radius 2 is 1.35 bits per heavy atom. The van der Waals surface area contributed by atoms with Crippen LogP contribution in [0.3, 0.4) is 0 Å². The molecule has 0 bridgehead atoms. The van der Waals surface area contributed by atoms with Crippen LogP contribution in [0.1, 0.15) is 6.42 Å². The Kier molecular flexibility index (Phi) is 7.12. The molecule has 2 heterocycles. The summed E-state index contributed by atoms with van der Waals surface area (Å²) in [6.45, 7) is 5.00. The van der Waals surface area contributed by atoms with Crippen molar-refractivity contribution in [2.24, 2.45) is 7.05 Å². The minimum atomic E-state index is -0.235. The van der Waals surface area contributed by atoms with Crippen molar-refractivity contribution < 1.29 is 14.2 Å². The first-order valence-electron chi connectivity index (χ1n) is 11.4. The van der Waals surface area contributed by atoms with Crippen LogP contribution in [0, 0.1) is 0 Å². The van der Waals surface area contributed by atoms with Crippen LogP contribution in [0.5, 0.6) is 17.2 Å². The number of para-hydroxylation sites is 2. The highest BCUT2D eigenvalue weighted by Gasteiger charge is 2.20. The van der Waals surface area contributed by atoms with Gasteiger partial charge in [-0.15, -0.1) is 0 Å². The molecule has 1 aliphatic rings. The number of hydrogen-bond donors (Lipinski definition) is 0. The molecule has 1 aliphatic heterocycles. The van der Waals surface area contributed by atoms with Gasteiger partial charge < -0.3 is 19.1 Å². The molecule has 0 radical (unpaired) electrons. The van der Waals surface area contributed by atoms with Gasteiger partial charge in [-0.05, 0) is 30.7 Å². The maximum Gasteiger partial charge on any atom is 0.273 e. The van der Waals surface area contributed by atoms with E-state index in [2.05, 4.69) is 15.9 Å². The monoisotopic (exact) mass is 468 g/mol.